The number of anilines is 1. The van der Waals surface area contributed by atoms with Crippen LogP contribution >= 0.6 is 11.3 Å². The van der Waals surface area contributed by atoms with Crippen LogP contribution in [0.5, 0.6) is 0 Å². The predicted octanol–water partition coefficient (Wildman–Crippen LogP) is 0.597. The molecule has 2 aromatic heterocycles. The van der Waals surface area contributed by atoms with E-state index in [9.17, 15) is 31.2 Å². The van der Waals surface area contributed by atoms with Gasteiger partial charge in [0, 0.05) is 52.9 Å². The standard InChI is InChI=1S/C26H33F3N8O6S2/c1-4-36-19-17(34-5-7-35(8-6-34)22(38)26(42-3)12-33(2)13-26)9-16(45(40,41)32-25(11-27)14-43-15-25)10-18(19)37(24(36)39)23-31-30-21(44-23)20(28)29/h9-10,20,32H,4-8,11-15H2,1-3H3. The number of nitrogens with zero attached hydrogens (tertiary/aromatic N) is 7. The number of carbonyl (C=O) groups is 1. The number of amides is 1. The summed E-state index contributed by atoms with van der Waals surface area (Å²) < 4.78 is 83.6. The summed E-state index contributed by atoms with van der Waals surface area (Å²) in [5, 5.41) is 6.57. The van der Waals surface area contributed by atoms with Crippen molar-refractivity contribution in [3.05, 3.63) is 27.6 Å². The smallest absolute Gasteiger partial charge is 0.335 e. The molecular formula is C26H33F3N8O6S2. The lowest BCUT2D eigenvalue weighted by molar-refractivity contribution is -0.175. The Hall–Kier alpha value is -3.10. The number of benzene rings is 1. The van der Waals surface area contributed by atoms with Gasteiger partial charge in [-0.3, -0.25) is 14.3 Å². The first-order chi connectivity index (χ1) is 21.4. The number of hydrogen-bond donors (Lipinski definition) is 1. The van der Waals surface area contributed by atoms with E-state index in [1.807, 2.05) is 16.8 Å². The van der Waals surface area contributed by atoms with Gasteiger partial charge in [-0.25, -0.2) is 31.0 Å². The summed E-state index contributed by atoms with van der Waals surface area (Å²) in [5.74, 6) is -0.129. The van der Waals surface area contributed by atoms with Crippen LogP contribution in [-0.2, 0) is 30.8 Å². The fraction of sp³-hybridized carbons (Fsp3) is 0.615. The number of likely N-dealkylation sites (tertiary alicyclic amines) is 1. The van der Waals surface area contributed by atoms with Crippen molar-refractivity contribution < 1.29 is 35.9 Å². The maximum Gasteiger partial charge on any atom is 0.335 e. The number of carbonyl (C=O) groups excluding carboxylic acids is 1. The van der Waals surface area contributed by atoms with E-state index in [0.29, 0.717) is 61.8 Å². The van der Waals surface area contributed by atoms with Crippen LogP contribution in [0, 0.1) is 0 Å². The van der Waals surface area contributed by atoms with E-state index in [1.165, 1.54) is 23.8 Å². The lowest BCUT2D eigenvalue weighted by Gasteiger charge is -2.49. The van der Waals surface area contributed by atoms with Gasteiger partial charge in [0.15, 0.2) is 10.6 Å². The third kappa shape index (κ3) is 5.32. The number of sulfonamides is 1. The Bertz CT molecular complexity index is 1770. The minimum atomic E-state index is -4.37. The average Bonchev–Trinajstić information content (AvgIpc) is 3.58. The van der Waals surface area contributed by atoms with Crippen LogP contribution in [0.15, 0.2) is 21.8 Å². The molecule has 19 heteroatoms. The fourth-order valence-electron chi connectivity index (χ4n) is 6.10. The second-order valence-electron chi connectivity index (χ2n) is 11.6. The predicted molar refractivity (Wildman–Crippen MR) is 158 cm³/mol. The van der Waals surface area contributed by atoms with E-state index >= 15 is 0 Å². The molecule has 1 N–H and O–H groups in total. The highest BCUT2D eigenvalue weighted by Crippen LogP contribution is 2.35. The van der Waals surface area contributed by atoms with E-state index in [1.54, 1.807) is 11.8 Å². The lowest BCUT2D eigenvalue weighted by atomic mass is 9.92. The highest BCUT2D eigenvalue weighted by Gasteiger charge is 2.50. The van der Waals surface area contributed by atoms with Crippen molar-refractivity contribution in [2.24, 2.45) is 0 Å². The van der Waals surface area contributed by atoms with Crippen molar-refractivity contribution in [1.29, 1.82) is 0 Å². The Morgan fingerprint density at radius 2 is 1.87 bits per heavy atom. The zero-order valence-electron chi connectivity index (χ0n) is 24.8. The lowest BCUT2D eigenvalue weighted by Crippen LogP contribution is -2.70. The first kappa shape index (κ1) is 31.9. The molecule has 0 unspecified atom stereocenters. The van der Waals surface area contributed by atoms with Gasteiger partial charge in [0.05, 0.1) is 34.8 Å². The first-order valence-corrected chi connectivity index (χ1v) is 16.5. The molecule has 1 amide bonds. The maximum atomic E-state index is 13.9. The number of fused-ring (bicyclic) bond motifs is 1. The highest BCUT2D eigenvalue weighted by molar-refractivity contribution is 7.89. The molecule has 0 radical (unpaired) electrons. The van der Waals surface area contributed by atoms with Crippen LogP contribution < -0.4 is 15.3 Å². The third-order valence-corrected chi connectivity index (χ3v) is 11.0. The van der Waals surface area contributed by atoms with E-state index < -0.39 is 45.0 Å². The quantitative estimate of drug-likeness (QED) is 0.325. The number of hydrogen-bond acceptors (Lipinski definition) is 11. The summed E-state index contributed by atoms with van der Waals surface area (Å²) >= 11 is 0.517. The van der Waals surface area contributed by atoms with E-state index in [4.69, 9.17) is 9.47 Å². The molecule has 45 heavy (non-hydrogen) atoms. The average molecular weight is 675 g/mol. The summed E-state index contributed by atoms with van der Waals surface area (Å²) in [6.45, 7) is 2.75. The molecule has 5 heterocycles. The minimum absolute atomic E-state index is 0.102. The Morgan fingerprint density at radius 1 is 1.18 bits per heavy atom. The molecule has 14 nitrogen and oxygen atoms in total. The van der Waals surface area contributed by atoms with Gasteiger partial charge in [0.25, 0.3) is 12.3 Å². The second kappa shape index (κ2) is 11.6. The normalized spacial score (nSPS) is 20.1. The summed E-state index contributed by atoms with van der Waals surface area (Å²) in [4.78, 5) is 32.4. The van der Waals surface area contributed by atoms with Crippen LogP contribution in [0.1, 0.15) is 18.4 Å². The number of imidazole rings is 1. The number of rotatable bonds is 10. The molecule has 0 aliphatic carbocycles. The molecule has 0 atom stereocenters. The first-order valence-electron chi connectivity index (χ1n) is 14.2. The minimum Gasteiger partial charge on any atom is -0.377 e. The van der Waals surface area contributed by atoms with Gasteiger partial charge < -0.3 is 19.3 Å². The molecule has 6 rings (SSSR count). The maximum absolute atomic E-state index is 13.9. The number of aryl methyl sites for hydroxylation is 1. The number of piperazine rings is 1. The summed E-state index contributed by atoms with van der Waals surface area (Å²) in [5.41, 5.74) is -2.12. The van der Waals surface area contributed by atoms with Crippen molar-refractivity contribution in [3.63, 3.8) is 0 Å². The number of nitrogens with one attached hydrogen (secondary N) is 1. The van der Waals surface area contributed by atoms with Crippen molar-refractivity contribution in [3.8, 4) is 5.13 Å². The Kier molecular flexibility index (Phi) is 8.22. The molecule has 3 fully saturated rings. The van der Waals surface area contributed by atoms with Gasteiger partial charge in [-0.05, 0) is 26.1 Å². The van der Waals surface area contributed by atoms with Crippen molar-refractivity contribution in [1.82, 2.24) is 33.9 Å². The van der Waals surface area contributed by atoms with E-state index in [0.717, 1.165) is 4.57 Å². The fourth-order valence-corrected chi connectivity index (χ4v) is 8.20. The molecule has 3 aliphatic rings. The van der Waals surface area contributed by atoms with Gasteiger partial charge in [0.2, 0.25) is 15.2 Å². The largest absolute Gasteiger partial charge is 0.377 e. The van der Waals surface area contributed by atoms with Crippen LogP contribution in [0.25, 0.3) is 16.2 Å². The molecule has 3 aromatic rings. The SMILES string of the molecule is CCn1c(=O)n(-c2nnc(C(F)F)s2)c2cc(S(=O)(=O)NC3(CF)COC3)cc(N3CCN(C(=O)C4(OC)CN(C)C4)CC3)c21. The van der Waals surface area contributed by atoms with Crippen LogP contribution in [-0.4, -0.2) is 128 Å². The van der Waals surface area contributed by atoms with E-state index in [-0.39, 0.29) is 41.2 Å². The zero-order valence-corrected chi connectivity index (χ0v) is 26.5. The summed E-state index contributed by atoms with van der Waals surface area (Å²) in [6, 6.07) is 2.66. The van der Waals surface area contributed by atoms with Crippen molar-refractivity contribution >= 4 is 44.0 Å². The molecule has 1 aromatic carbocycles. The van der Waals surface area contributed by atoms with Crippen LogP contribution in [0.4, 0.5) is 18.9 Å². The molecule has 0 spiro atoms. The summed E-state index contributed by atoms with van der Waals surface area (Å²) in [7, 11) is -0.962. The number of likely N-dealkylation sites (N-methyl/N-ethyl adjacent to an activating group) is 1. The number of alkyl halides is 3. The van der Waals surface area contributed by atoms with Crippen LogP contribution in [0.3, 0.4) is 0 Å². The highest BCUT2D eigenvalue weighted by atomic mass is 32.2. The number of ether oxygens (including phenoxy) is 2. The monoisotopic (exact) mass is 674 g/mol. The molecule has 0 bridgehead atoms. The number of halogens is 3. The number of aromatic nitrogens is 4. The molecule has 0 saturated carbocycles. The van der Waals surface area contributed by atoms with Crippen molar-refractivity contribution in [2.75, 3.05) is 78.2 Å². The van der Waals surface area contributed by atoms with Crippen molar-refractivity contribution in [2.45, 2.75) is 35.9 Å². The molecule has 3 aliphatic heterocycles. The van der Waals surface area contributed by atoms with E-state index in [2.05, 4.69) is 14.9 Å². The van der Waals surface area contributed by atoms with Gasteiger partial charge in [0.1, 0.15) is 12.2 Å². The molecule has 246 valence electrons. The Morgan fingerprint density at radius 3 is 2.38 bits per heavy atom. The Labute approximate surface area is 260 Å². The molecular weight excluding hydrogens is 641 g/mol. The van der Waals surface area contributed by atoms with Crippen LogP contribution in [0.2, 0.25) is 0 Å². The summed E-state index contributed by atoms with van der Waals surface area (Å²) in [6.07, 6.45) is -2.92. The Balaban J connectivity index is 1.44. The molecule has 3 saturated heterocycles. The zero-order chi connectivity index (χ0) is 32.3. The van der Waals surface area contributed by atoms with Gasteiger partial charge in [-0.2, -0.15) is 4.72 Å². The number of methoxy groups -OCH3 is 1. The van der Waals surface area contributed by atoms with Gasteiger partial charge >= 0.3 is 5.69 Å². The van der Waals surface area contributed by atoms with Gasteiger partial charge in [-0.1, -0.05) is 11.3 Å². The second-order valence-corrected chi connectivity index (χ2v) is 14.2. The third-order valence-electron chi connectivity index (χ3n) is 8.51. The topological polar surface area (TPSA) is 144 Å². The van der Waals surface area contributed by atoms with Gasteiger partial charge in [-0.15, -0.1) is 10.2 Å².